The van der Waals surface area contributed by atoms with Crippen LogP contribution in [0.1, 0.15) is 41.9 Å². The molecule has 2 heterocycles. The number of para-hydroxylation sites is 1. The van der Waals surface area contributed by atoms with Gasteiger partial charge in [-0.15, -0.1) is 0 Å². The normalized spacial score (nSPS) is 14.6. The molecule has 1 unspecified atom stereocenters. The molecule has 0 bridgehead atoms. The molecule has 1 amide bonds. The molecule has 4 aromatic rings. The molecule has 192 valence electrons. The molecule has 1 fully saturated rings. The third-order valence-electron chi connectivity index (χ3n) is 7.33. The fourth-order valence-corrected chi connectivity index (χ4v) is 5.37. The van der Waals surface area contributed by atoms with E-state index in [1.54, 1.807) is 19.2 Å². The zero-order valence-electron chi connectivity index (χ0n) is 21.3. The Kier molecular flexibility index (Phi) is 7.85. The molecule has 0 radical (unpaired) electrons. The summed E-state index contributed by atoms with van der Waals surface area (Å²) < 4.78 is 22.6. The number of amides is 1. The van der Waals surface area contributed by atoms with Gasteiger partial charge in [-0.25, -0.2) is 4.39 Å². The lowest BCUT2D eigenvalue weighted by Crippen LogP contribution is -2.34. The van der Waals surface area contributed by atoms with Gasteiger partial charge in [-0.05, 0) is 66.9 Å². The van der Waals surface area contributed by atoms with Gasteiger partial charge in [0.1, 0.15) is 11.6 Å². The molecule has 1 N–H and O–H groups in total. The van der Waals surface area contributed by atoms with Crippen molar-refractivity contribution in [2.24, 2.45) is 0 Å². The Balaban J connectivity index is 1.44. The lowest BCUT2D eigenvalue weighted by atomic mass is 9.87. The fraction of sp³-hybridized carbons (Fsp3) is 0.323. The van der Waals surface area contributed by atoms with E-state index in [-0.39, 0.29) is 18.1 Å². The summed E-state index contributed by atoms with van der Waals surface area (Å²) in [4.78, 5) is 15.5. The first kappa shape index (κ1) is 25.0. The number of benzene rings is 3. The highest BCUT2D eigenvalue weighted by atomic mass is 19.1. The van der Waals surface area contributed by atoms with Crippen molar-refractivity contribution in [2.75, 3.05) is 33.3 Å². The van der Waals surface area contributed by atoms with Gasteiger partial charge in [-0.2, -0.15) is 0 Å². The fourth-order valence-electron chi connectivity index (χ4n) is 5.37. The maximum absolute atomic E-state index is 15.1. The quantitative estimate of drug-likeness (QED) is 0.310. The molecule has 1 aromatic heterocycles. The van der Waals surface area contributed by atoms with Crippen molar-refractivity contribution in [3.63, 3.8) is 0 Å². The Morgan fingerprint density at radius 3 is 2.46 bits per heavy atom. The summed E-state index contributed by atoms with van der Waals surface area (Å²) in [7, 11) is 1.66. The van der Waals surface area contributed by atoms with Gasteiger partial charge in [0.05, 0.1) is 7.11 Å². The SMILES string of the molecule is COc1ccc(Cn2cc(C(CC(=O)NCCN3CCCC3)c3ccccc3F)c3ccccc32)cc1. The largest absolute Gasteiger partial charge is 0.497 e. The van der Waals surface area contributed by atoms with E-state index >= 15 is 4.39 Å². The van der Waals surface area contributed by atoms with Gasteiger partial charge in [-0.1, -0.05) is 48.5 Å². The average Bonchev–Trinajstić information content (AvgIpc) is 3.57. The van der Waals surface area contributed by atoms with Crippen LogP contribution in [0, 0.1) is 5.82 Å². The molecule has 37 heavy (non-hydrogen) atoms. The third-order valence-corrected chi connectivity index (χ3v) is 7.33. The molecule has 3 aromatic carbocycles. The van der Waals surface area contributed by atoms with E-state index in [9.17, 15) is 4.79 Å². The van der Waals surface area contributed by atoms with Crippen molar-refractivity contribution < 1.29 is 13.9 Å². The molecule has 1 aliphatic heterocycles. The van der Waals surface area contributed by atoms with E-state index in [4.69, 9.17) is 4.74 Å². The zero-order valence-corrected chi connectivity index (χ0v) is 21.3. The molecular weight excluding hydrogens is 465 g/mol. The number of nitrogens with zero attached hydrogens (tertiary/aromatic N) is 2. The van der Waals surface area contributed by atoms with Crippen LogP contribution in [0.15, 0.2) is 79.0 Å². The molecule has 0 spiro atoms. The van der Waals surface area contributed by atoms with Crippen LogP contribution in [0.5, 0.6) is 5.75 Å². The second-order valence-corrected chi connectivity index (χ2v) is 9.75. The number of nitrogens with one attached hydrogen (secondary N) is 1. The Bertz CT molecular complexity index is 1340. The number of aromatic nitrogens is 1. The predicted molar refractivity (Wildman–Crippen MR) is 146 cm³/mol. The average molecular weight is 500 g/mol. The van der Waals surface area contributed by atoms with Crippen LogP contribution >= 0.6 is 0 Å². The third kappa shape index (κ3) is 5.86. The molecule has 5 nitrogen and oxygen atoms in total. The number of hydrogen-bond donors (Lipinski definition) is 1. The number of hydrogen-bond acceptors (Lipinski definition) is 3. The smallest absolute Gasteiger partial charge is 0.220 e. The monoisotopic (exact) mass is 499 g/mol. The van der Waals surface area contributed by atoms with Crippen LogP contribution in [-0.4, -0.2) is 48.7 Å². The first-order valence-electron chi connectivity index (χ1n) is 13.1. The maximum atomic E-state index is 15.1. The molecule has 1 saturated heterocycles. The summed E-state index contributed by atoms with van der Waals surface area (Å²) in [6, 6.07) is 23.0. The Hall–Kier alpha value is -3.64. The van der Waals surface area contributed by atoms with E-state index in [2.05, 4.69) is 45.2 Å². The van der Waals surface area contributed by atoms with Crippen LogP contribution in [0.4, 0.5) is 4.39 Å². The molecular formula is C31H34FN3O2. The van der Waals surface area contributed by atoms with E-state index in [0.717, 1.165) is 47.4 Å². The Morgan fingerprint density at radius 2 is 1.70 bits per heavy atom. The van der Waals surface area contributed by atoms with E-state index in [0.29, 0.717) is 18.7 Å². The predicted octanol–water partition coefficient (Wildman–Crippen LogP) is 5.57. The standard InChI is InChI=1S/C31H34FN3O2/c1-37-24-14-12-23(13-15-24)21-35-22-28(26-9-3-5-11-30(26)35)27(25-8-2-4-10-29(25)32)20-31(36)33-16-19-34-17-6-7-18-34/h2-5,8-15,22,27H,6-7,16-21H2,1H3,(H,33,36). The number of fused-ring (bicyclic) bond motifs is 1. The van der Waals surface area contributed by atoms with Crippen molar-refractivity contribution >= 4 is 16.8 Å². The first-order chi connectivity index (χ1) is 18.1. The number of carbonyl (C=O) groups is 1. The second-order valence-electron chi connectivity index (χ2n) is 9.75. The minimum Gasteiger partial charge on any atom is -0.497 e. The van der Waals surface area contributed by atoms with Crippen molar-refractivity contribution in [3.05, 3.63) is 102 Å². The first-order valence-corrected chi connectivity index (χ1v) is 13.1. The van der Waals surface area contributed by atoms with Gasteiger partial charge >= 0.3 is 0 Å². The van der Waals surface area contributed by atoms with E-state index < -0.39 is 5.92 Å². The summed E-state index contributed by atoms with van der Waals surface area (Å²) in [5.74, 6) is 0.0796. The summed E-state index contributed by atoms with van der Waals surface area (Å²) in [5, 5.41) is 4.12. The highest BCUT2D eigenvalue weighted by Gasteiger charge is 2.25. The number of ether oxygens (including phenoxy) is 1. The summed E-state index contributed by atoms with van der Waals surface area (Å²) in [6.07, 6.45) is 4.73. The van der Waals surface area contributed by atoms with Gasteiger partial charge in [-0.3, -0.25) is 4.79 Å². The summed E-state index contributed by atoms with van der Waals surface area (Å²) >= 11 is 0. The van der Waals surface area contributed by atoms with Gasteiger partial charge in [0, 0.05) is 49.1 Å². The van der Waals surface area contributed by atoms with Crippen molar-refractivity contribution in [2.45, 2.75) is 31.7 Å². The molecule has 5 rings (SSSR count). The lowest BCUT2D eigenvalue weighted by Gasteiger charge is -2.19. The van der Waals surface area contributed by atoms with Gasteiger partial charge in [0.15, 0.2) is 0 Å². The molecule has 1 aliphatic rings. The van der Waals surface area contributed by atoms with Crippen LogP contribution in [0.2, 0.25) is 0 Å². The number of carbonyl (C=O) groups excluding carboxylic acids is 1. The second kappa shape index (κ2) is 11.6. The van der Waals surface area contributed by atoms with Crippen LogP contribution in [0.25, 0.3) is 10.9 Å². The van der Waals surface area contributed by atoms with Crippen LogP contribution in [0.3, 0.4) is 0 Å². The van der Waals surface area contributed by atoms with Crippen molar-refractivity contribution in [1.82, 2.24) is 14.8 Å². The highest BCUT2D eigenvalue weighted by molar-refractivity contribution is 5.86. The number of methoxy groups -OCH3 is 1. The molecule has 0 saturated carbocycles. The summed E-state index contributed by atoms with van der Waals surface area (Å²) in [5.41, 5.74) is 3.70. The van der Waals surface area contributed by atoms with Gasteiger partial charge in [0.25, 0.3) is 0 Å². The van der Waals surface area contributed by atoms with Crippen LogP contribution in [-0.2, 0) is 11.3 Å². The molecule has 1 atom stereocenters. The Morgan fingerprint density at radius 1 is 0.973 bits per heavy atom. The van der Waals surface area contributed by atoms with Crippen molar-refractivity contribution in [3.8, 4) is 5.75 Å². The number of halogens is 1. The minimum atomic E-state index is -0.394. The lowest BCUT2D eigenvalue weighted by molar-refractivity contribution is -0.121. The zero-order chi connectivity index (χ0) is 25.6. The summed E-state index contributed by atoms with van der Waals surface area (Å²) in [6.45, 7) is 4.33. The van der Waals surface area contributed by atoms with E-state index in [1.165, 1.54) is 18.9 Å². The van der Waals surface area contributed by atoms with Crippen molar-refractivity contribution in [1.29, 1.82) is 0 Å². The van der Waals surface area contributed by atoms with E-state index in [1.807, 2.05) is 30.3 Å². The molecule has 6 heteroatoms. The number of likely N-dealkylation sites (tertiary alicyclic amines) is 1. The number of rotatable bonds is 10. The Labute approximate surface area is 217 Å². The maximum Gasteiger partial charge on any atom is 0.220 e. The minimum absolute atomic E-state index is 0.0561. The van der Waals surface area contributed by atoms with Crippen LogP contribution < -0.4 is 10.1 Å². The van der Waals surface area contributed by atoms with Gasteiger partial charge < -0.3 is 19.5 Å². The topological polar surface area (TPSA) is 46.5 Å². The highest BCUT2D eigenvalue weighted by Crippen LogP contribution is 2.36. The van der Waals surface area contributed by atoms with Gasteiger partial charge in [0.2, 0.25) is 5.91 Å². The molecule has 0 aliphatic carbocycles.